The maximum Gasteiger partial charge on any atom is 0.259 e. The van der Waals surface area contributed by atoms with Gasteiger partial charge in [0.05, 0.1) is 14.9 Å². The van der Waals surface area contributed by atoms with Gasteiger partial charge in [0.15, 0.2) is 17.8 Å². The number of sulfonamides is 1. The lowest BCUT2D eigenvalue weighted by Gasteiger charge is -2.42. The number of carbonyl (C=O) groups is 2. The van der Waals surface area contributed by atoms with Gasteiger partial charge in [0, 0.05) is 30.7 Å². The van der Waals surface area contributed by atoms with Crippen LogP contribution in [0.3, 0.4) is 0 Å². The van der Waals surface area contributed by atoms with Crippen molar-refractivity contribution in [1.82, 2.24) is 14.5 Å². The molecule has 2 fully saturated rings. The van der Waals surface area contributed by atoms with E-state index in [4.69, 9.17) is 28.9 Å². The van der Waals surface area contributed by atoms with Crippen LogP contribution < -0.4 is 11.1 Å². The molecule has 2 amide bonds. The van der Waals surface area contributed by atoms with E-state index in [9.17, 15) is 26.8 Å². The molecule has 37 heavy (non-hydrogen) atoms. The zero-order valence-electron chi connectivity index (χ0n) is 19.7. The smallest absolute Gasteiger partial charge is 0.259 e. The van der Waals surface area contributed by atoms with Crippen molar-refractivity contribution in [2.75, 3.05) is 13.1 Å². The first-order valence-corrected chi connectivity index (χ1v) is 14.0. The van der Waals surface area contributed by atoms with Crippen molar-refractivity contribution < 1.29 is 26.8 Å². The first kappa shape index (κ1) is 27.7. The van der Waals surface area contributed by atoms with Gasteiger partial charge in [0.25, 0.3) is 11.8 Å². The second-order valence-corrected chi connectivity index (χ2v) is 11.9. The Balaban J connectivity index is 1.71. The Morgan fingerprint density at radius 2 is 1.65 bits per heavy atom. The molecule has 3 N–H and O–H groups in total. The summed E-state index contributed by atoms with van der Waals surface area (Å²) >= 11 is 12.0. The van der Waals surface area contributed by atoms with E-state index in [1.807, 2.05) is 0 Å². The van der Waals surface area contributed by atoms with Crippen molar-refractivity contribution in [2.45, 2.75) is 55.2 Å². The normalized spacial score (nSPS) is 23.1. The Hall–Kier alpha value is -2.31. The third-order valence-corrected chi connectivity index (χ3v) is 9.21. The van der Waals surface area contributed by atoms with Crippen molar-refractivity contribution >= 4 is 45.0 Å². The van der Waals surface area contributed by atoms with E-state index in [0.717, 1.165) is 27.4 Å². The lowest BCUT2D eigenvalue weighted by atomic mass is 9.92. The fourth-order valence-electron chi connectivity index (χ4n) is 4.64. The standard InChI is InChI=1S/C24H26Cl2F2N4O4S/c25-18-8-7-17(13-19(18)26)37(35,36)32-11-1-10-31(24(34)14-2-9-20(27)21(28)12-14)23(32)22(33)30-16-5-3-15(29)4-6-16/h2,7-9,12-13,15-16,23H,1,3-6,10-11,29H2,(H,30,33). The van der Waals surface area contributed by atoms with Crippen molar-refractivity contribution in [3.05, 3.63) is 63.6 Å². The van der Waals surface area contributed by atoms with Gasteiger partial charge in [0.2, 0.25) is 10.0 Å². The first-order chi connectivity index (χ1) is 17.5. The van der Waals surface area contributed by atoms with Gasteiger partial charge in [-0.2, -0.15) is 4.31 Å². The number of nitrogens with two attached hydrogens (primary N) is 1. The van der Waals surface area contributed by atoms with Gasteiger partial charge in [0.1, 0.15) is 0 Å². The number of nitrogens with zero attached hydrogens (tertiary/aromatic N) is 2. The molecular formula is C24H26Cl2F2N4O4S. The Kier molecular flexibility index (Phi) is 8.39. The van der Waals surface area contributed by atoms with Crippen LogP contribution in [0.4, 0.5) is 8.78 Å². The average molecular weight is 575 g/mol. The number of rotatable bonds is 5. The lowest BCUT2D eigenvalue weighted by molar-refractivity contribution is -0.132. The van der Waals surface area contributed by atoms with E-state index < -0.39 is 39.6 Å². The molecule has 0 aromatic heterocycles. The SMILES string of the molecule is NC1CCC(NC(=O)C2N(C(=O)c3ccc(F)c(F)c3)CCCN2S(=O)(=O)c2ccc(Cl)c(Cl)c2)CC1. The van der Waals surface area contributed by atoms with Gasteiger partial charge in [-0.15, -0.1) is 0 Å². The second-order valence-electron chi connectivity index (χ2n) is 9.17. The fourth-order valence-corrected chi connectivity index (χ4v) is 6.62. The van der Waals surface area contributed by atoms with Crippen LogP contribution >= 0.6 is 23.2 Å². The Morgan fingerprint density at radius 3 is 2.30 bits per heavy atom. The summed E-state index contributed by atoms with van der Waals surface area (Å²) in [7, 11) is -4.33. The molecule has 0 bridgehead atoms. The van der Waals surface area contributed by atoms with Gasteiger partial charge in [-0.05, 0) is 68.5 Å². The van der Waals surface area contributed by atoms with Crippen LogP contribution in [-0.2, 0) is 14.8 Å². The summed E-state index contributed by atoms with van der Waals surface area (Å²) in [5.74, 6) is -3.87. The average Bonchev–Trinajstić information content (AvgIpc) is 2.87. The Bertz CT molecular complexity index is 1310. The summed E-state index contributed by atoms with van der Waals surface area (Å²) in [6, 6.07) is 6.16. The Labute approximate surface area is 223 Å². The van der Waals surface area contributed by atoms with Crippen molar-refractivity contribution in [2.24, 2.45) is 5.73 Å². The summed E-state index contributed by atoms with van der Waals surface area (Å²) in [5.41, 5.74) is 5.74. The predicted octanol–water partition coefficient (Wildman–Crippen LogP) is 3.52. The molecular weight excluding hydrogens is 549 g/mol. The number of halogens is 4. The quantitative estimate of drug-likeness (QED) is 0.567. The zero-order chi connectivity index (χ0) is 26.9. The highest BCUT2D eigenvalue weighted by Gasteiger charge is 2.45. The molecule has 1 heterocycles. The minimum atomic E-state index is -4.33. The number of amides is 2. The summed E-state index contributed by atoms with van der Waals surface area (Å²) in [6.45, 7) is -0.0311. The fraction of sp³-hybridized carbons (Fsp3) is 0.417. The minimum Gasteiger partial charge on any atom is -0.350 e. The van der Waals surface area contributed by atoms with Crippen LogP contribution in [0.1, 0.15) is 42.5 Å². The molecule has 4 rings (SSSR count). The van der Waals surface area contributed by atoms with Gasteiger partial charge in [-0.25, -0.2) is 17.2 Å². The molecule has 1 aliphatic heterocycles. The highest BCUT2D eigenvalue weighted by molar-refractivity contribution is 7.89. The van der Waals surface area contributed by atoms with Crippen LogP contribution in [0.2, 0.25) is 10.0 Å². The third kappa shape index (κ3) is 5.91. The van der Waals surface area contributed by atoms with Crippen LogP contribution in [0, 0.1) is 11.6 Å². The monoisotopic (exact) mass is 574 g/mol. The van der Waals surface area contributed by atoms with Gasteiger partial charge in [-0.3, -0.25) is 9.59 Å². The molecule has 1 saturated heterocycles. The number of benzene rings is 2. The molecule has 2 aromatic carbocycles. The van der Waals surface area contributed by atoms with Crippen molar-refractivity contribution in [3.8, 4) is 0 Å². The third-order valence-electron chi connectivity index (χ3n) is 6.62. The van der Waals surface area contributed by atoms with Gasteiger partial charge >= 0.3 is 0 Å². The summed E-state index contributed by atoms with van der Waals surface area (Å²) in [6.07, 6.45) is 1.24. The highest BCUT2D eigenvalue weighted by Crippen LogP contribution is 2.30. The number of hydrogen-bond acceptors (Lipinski definition) is 5. The van der Waals surface area contributed by atoms with Crippen LogP contribution in [0.15, 0.2) is 41.3 Å². The van der Waals surface area contributed by atoms with E-state index in [1.54, 1.807) is 0 Å². The van der Waals surface area contributed by atoms with Crippen molar-refractivity contribution in [1.29, 1.82) is 0 Å². The molecule has 13 heteroatoms. The van der Waals surface area contributed by atoms with E-state index in [1.165, 1.54) is 18.2 Å². The van der Waals surface area contributed by atoms with Crippen LogP contribution in [0.25, 0.3) is 0 Å². The summed E-state index contributed by atoms with van der Waals surface area (Å²) in [4.78, 5) is 27.9. The van der Waals surface area contributed by atoms with E-state index in [2.05, 4.69) is 5.32 Å². The molecule has 8 nitrogen and oxygen atoms in total. The summed E-state index contributed by atoms with van der Waals surface area (Å²) < 4.78 is 55.7. The highest BCUT2D eigenvalue weighted by atomic mass is 35.5. The Morgan fingerprint density at radius 1 is 0.946 bits per heavy atom. The molecule has 1 unspecified atom stereocenters. The van der Waals surface area contributed by atoms with Crippen LogP contribution in [-0.4, -0.2) is 60.8 Å². The summed E-state index contributed by atoms with van der Waals surface area (Å²) in [5, 5.41) is 3.02. The zero-order valence-corrected chi connectivity index (χ0v) is 22.0. The molecule has 2 aromatic rings. The topological polar surface area (TPSA) is 113 Å². The maximum absolute atomic E-state index is 13.9. The van der Waals surface area contributed by atoms with Crippen LogP contribution in [0.5, 0.6) is 0 Å². The molecule has 0 spiro atoms. The molecule has 0 radical (unpaired) electrons. The molecule has 1 aliphatic carbocycles. The molecule has 1 atom stereocenters. The number of carbonyl (C=O) groups excluding carboxylic acids is 2. The number of nitrogens with one attached hydrogen (secondary N) is 1. The van der Waals surface area contributed by atoms with E-state index >= 15 is 0 Å². The lowest BCUT2D eigenvalue weighted by Crippen LogP contribution is -2.64. The molecule has 1 saturated carbocycles. The molecule has 2 aliphatic rings. The number of hydrogen-bond donors (Lipinski definition) is 2. The first-order valence-electron chi connectivity index (χ1n) is 11.8. The van der Waals surface area contributed by atoms with Gasteiger partial charge in [-0.1, -0.05) is 23.2 Å². The largest absolute Gasteiger partial charge is 0.350 e. The molecule has 200 valence electrons. The van der Waals surface area contributed by atoms with Crippen molar-refractivity contribution in [3.63, 3.8) is 0 Å². The van der Waals surface area contributed by atoms with E-state index in [0.29, 0.717) is 25.7 Å². The van der Waals surface area contributed by atoms with E-state index in [-0.39, 0.29) is 52.1 Å². The maximum atomic E-state index is 13.9. The minimum absolute atomic E-state index is 0.00835. The second kappa shape index (κ2) is 11.2. The van der Waals surface area contributed by atoms with Gasteiger partial charge < -0.3 is 16.0 Å². The predicted molar refractivity (Wildman–Crippen MR) is 135 cm³/mol.